The first kappa shape index (κ1) is 19.9. The summed E-state index contributed by atoms with van der Waals surface area (Å²) >= 11 is 1.64. The Morgan fingerprint density at radius 3 is 2.81 bits per heavy atom. The fourth-order valence-electron chi connectivity index (χ4n) is 3.12. The number of halogens is 1. The Bertz CT molecular complexity index is 840. The number of thiazole rings is 1. The van der Waals surface area contributed by atoms with Crippen LogP contribution in [-0.2, 0) is 6.54 Å². The van der Waals surface area contributed by atoms with E-state index < -0.39 is 0 Å². The summed E-state index contributed by atoms with van der Waals surface area (Å²) in [6.07, 6.45) is 5.93. The molecule has 9 heteroatoms. The molecule has 0 saturated carbocycles. The molecule has 0 aliphatic carbocycles. The highest BCUT2D eigenvalue weighted by Gasteiger charge is 2.20. The molecule has 3 aromatic rings. The maximum absolute atomic E-state index is 4.81. The van der Waals surface area contributed by atoms with E-state index in [9.17, 15) is 0 Å². The summed E-state index contributed by atoms with van der Waals surface area (Å²) in [5.74, 6) is 2.01. The van der Waals surface area contributed by atoms with Gasteiger partial charge in [-0.25, -0.2) is 15.0 Å². The molecule has 7 nitrogen and oxygen atoms in total. The second-order valence-electron chi connectivity index (χ2n) is 6.16. The van der Waals surface area contributed by atoms with Crippen LogP contribution in [0.4, 0.5) is 5.82 Å². The zero-order valence-electron chi connectivity index (χ0n) is 15.3. The van der Waals surface area contributed by atoms with Gasteiger partial charge in [0, 0.05) is 56.7 Å². The number of hydrogen-bond acceptors (Lipinski definition) is 5. The number of pyridine rings is 1. The van der Waals surface area contributed by atoms with E-state index in [1.807, 2.05) is 34.3 Å². The predicted molar refractivity (Wildman–Crippen MR) is 121 cm³/mol. The molecule has 4 rings (SSSR count). The van der Waals surface area contributed by atoms with E-state index in [0.29, 0.717) is 6.54 Å². The molecular formula is C18H24IN7S. The Morgan fingerprint density at radius 2 is 2.11 bits per heavy atom. The maximum Gasteiger partial charge on any atom is 0.194 e. The van der Waals surface area contributed by atoms with Crippen molar-refractivity contribution in [2.24, 2.45) is 4.99 Å². The predicted octanol–water partition coefficient (Wildman–Crippen LogP) is 2.70. The molecule has 0 spiro atoms. The minimum Gasteiger partial charge on any atom is -0.357 e. The van der Waals surface area contributed by atoms with Gasteiger partial charge in [0.15, 0.2) is 10.9 Å². The van der Waals surface area contributed by atoms with Crippen LogP contribution in [0.5, 0.6) is 0 Å². The summed E-state index contributed by atoms with van der Waals surface area (Å²) in [5, 5.41) is 5.46. The van der Waals surface area contributed by atoms with E-state index in [0.717, 1.165) is 55.2 Å². The molecule has 0 unspecified atom stereocenters. The van der Waals surface area contributed by atoms with E-state index in [1.165, 1.54) is 0 Å². The molecule has 1 fully saturated rings. The molecular weight excluding hydrogens is 473 g/mol. The van der Waals surface area contributed by atoms with Crippen molar-refractivity contribution >= 4 is 52.1 Å². The van der Waals surface area contributed by atoms with Crippen LogP contribution in [0.2, 0.25) is 0 Å². The average Bonchev–Trinajstić information content (AvgIpc) is 3.28. The topological polar surface area (TPSA) is 61.1 Å². The van der Waals surface area contributed by atoms with Gasteiger partial charge < -0.3 is 15.1 Å². The first-order chi connectivity index (χ1) is 12.8. The van der Waals surface area contributed by atoms with E-state index in [-0.39, 0.29) is 24.0 Å². The van der Waals surface area contributed by atoms with Gasteiger partial charge >= 0.3 is 0 Å². The van der Waals surface area contributed by atoms with Crippen molar-refractivity contribution in [2.45, 2.75) is 13.5 Å². The van der Waals surface area contributed by atoms with Crippen LogP contribution in [0.25, 0.3) is 4.96 Å². The summed E-state index contributed by atoms with van der Waals surface area (Å²) in [6, 6.07) is 6.06. The molecule has 4 heterocycles. The number of anilines is 1. The number of nitrogens with one attached hydrogen (secondary N) is 1. The average molecular weight is 497 g/mol. The first-order valence-electron chi connectivity index (χ1n) is 8.94. The lowest BCUT2D eigenvalue weighted by atomic mass is 10.3. The second kappa shape index (κ2) is 9.36. The minimum atomic E-state index is 0. The Hall–Kier alpha value is -1.88. The monoisotopic (exact) mass is 497 g/mol. The van der Waals surface area contributed by atoms with Crippen molar-refractivity contribution in [3.63, 3.8) is 0 Å². The third kappa shape index (κ3) is 4.70. The first-order valence-corrected chi connectivity index (χ1v) is 9.82. The summed E-state index contributed by atoms with van der Waals surface area (Å²) in [4.78, 5) is 19.5. The number of aliphatic imine (C=N–C) groups is 1. The molecule has 144 valence electrons. The van der Waals surface area contributed by atoms with Gasteiger partial charge in [0.2, 0.25) is 0 Å². The third-order valence-corrected chi connectivity index (χ3v) is 5.19. The maximum atomic E-state index is 4.81. The van der Waals surface area contributed by atoms with Crippen molar-refractivity contribution in [1.29, 1.82) is 0 Å². The van der Waals surface area contributed by atoms with E-state index >= 15 is 0 Å². The Kier molecular flexibility index (Phi) is 6.89. The number of hydrogen-bond donors (Lipinski definition) is 1. The minimum absolute atomic E-state index is 0. The molecule has 1 saturated heterocycles. The van der Waals surface area contributed by atoms with Crippen molar-refractivity contribution < 1.29 is 0 Å². The molecule has 0 radical (unpaired) electrons. The molecule has 0 aromatic carbocycles. The number of guanidine groups is 1. The molecule has 27 heavy (non-hydrogen) atoms. The molecule has 0 bridgehead atoms. The van der Waals surface area contributed by atoms with Gasteiger partial charge in [0.1, 0.15) is 5.82 Å². The van der Waals surface area contributed by atoms with Crippen LogP contribution in [0.1, 0.15) is 12.6 Å². The fourth-order valence-corrected chi connectivity index (χ4v) is 3.84. The van der Waals surface area contributed by atoms with Gasteiger partial charge in [-0.3, -0.25) is 4.40 Å². The summed E-state index contributed by atoms with van der Waals surface area (Å²) < 4.78 is 2.05. The quantitative estimate of drug-likeness (QED) is 0.341. The van der Waals surface area contributed by atoms with Crippen molar-refractivity contribution in [2.75, 3.05) is 37.6 Å². The lowest BCUT2D eigenvalue weighted by Crippen LogP contribution is -2.52. The van der Waals surface area contributed by atoms with Gasteiger partial charge in [-0.15, -0.1) is 35.3 Å². The third-order valence-electron chi connectivity index (χ3n) is 4.42. The number of imidazole rings is 1. The van der Waals surface area contributed by atoms with Gasteiger partial charge in [-0.2, -0.15) is 0 Å². The smallest absolute Gasteiger partial charge is 0.194 e. The number of aromatic nitrogens is 3. The van der Waals surface area contributed by atoms with Crippen LogP contribution in [-0.4, -0.2) is 58.0 Å². The summed E-state index contributed by atoms with van der Waals surface area (Å²) in [5.41, 5.74) is 0.999. The molecule has 1 aliphatic heterocycles. The van der Waals surface area contributed by atoms with Gasteiger partial charge in [-0.1, -0.05) is 6.07 Å². The molecule has 0 atom stereocenters. The highest BCUT2D eigenvalue weighted by molar-refractivity contribution is 14.0. The van der Waals surface area contributed by atoms with Gasteiger partial charge in [-0.05, 0) is 19.1 Å². The zero-order valence-corrected chi connectivity index (χ0v) is 18.4. The summed E-state index contributed by atoms with van der Waals surface area (Å²) in [7, 11) is 0. The van der Waals surface area contributed by atoms with Crippen LogP contribution in [0.15, 0.2) is 47.2 Å². The van der Waals surface area contributed by atoms with Crippen LogP contribution < -0.4 is 10.2 Å². The Balaban J connectivity index is 0.00000210. The number of fused-ring (bicyclic) bond motifs is 1. The number of piperazine rings is 1. The SMILES string of the molecule is CCNC(=NCc1cn2ccsc2n1)N1CCN(c2ccccn2)CC1.I. The normalized spacial score (nSPS) is 15.1. The number of rotatable bonds is 4. The molecule has 0 amide bonds. The molecule has 1 N–H and O–H groups in total. The lowest BCUT2D eigenvalue weighted by molar-refractivity contribution is 0.371. The van der Waals surface area contributed by atoms with Crippen LogP contribution in [0.3, 0.4) is 0 Å². The largest absolute Gasteiger partial charge is 0.357 e. The number of nitrogens with zero attached hydrogens (tertiary/aromatic N) is 6. The Labute approximate surface area is 180 Å². The van der Waals surface area contributed by atoms with Crippen molar-refractivity contribution in [1.82, 2.24) is 24.6 Å². The van der Waals surface area contributed by atoms with Gasteiger partial charge in [0.05, 0.1) is 12.2 Å². The summed E-state index contributed by atoms with van der Waals surface area (Å²) in [6.45, 7) is 7.31. The van der Waals surface area contributed by atoms with Crippen LogP contribution >= 0.6 is 35.3 Å². The van der Waals surface area contributed by atoms with E-state index in [1.54, 1.807) is 11.3 Å². The van der Waals surface area contributed by atoms with E-state index in [2.05, 4.69) is 44.3 Å². The highest BCUT2D eigenvalue weighted by atomic mass is 127. The zero-order chi connectivity index (χ0) is 17.8. The Morgan fingerprint density at radius 1 is 1.26 bits per heavy atom. The van der Waals surface area contributed by atoms with Gasteiger partial charge in [0.25, 0.3) is 0 Å². The molecule has 1 aliphatic rings. The van der Waals surface area contributed by atoms with E-state index in [4.69, 9.17) is 4.99 Å². The standard InChI is InChI=1S/C18H23N7S.HI/c1-2-19-17(21-13-15-14-25-11-12-26-18(25)22-15)24-9-7-23(8-10-24)16-5-3-4-6-20-16;/h3-6,11-12,14H,2,7-10,13H2,1H3,(H,19,21);1H. The van der Waals surface area contributed by atoms with Crippen LogP contribution in [0, 0.1) is 0 Å². The fraction of sp³-hybridized carbons (Fsp3) is 0.389. The highest BCUT2D eigenvalue weighted by Crippen LogP contribution is 2.14. The second-order valence-corrected chi connectivity index (χ2v) is 7.03. The molecule has 3 aromatic heterocycles. The van der Waals surface area contributed by atoms with Crippen molar-refractivity contribution in [3.05, 3.63) is 47.9 Å². The van der Waals surface area contributed by atoms with Crippen molar-refractivity contribution in [3.8, 4) is 0 Å². The lowest BCUT2D eigenvalue weighted by Gasteiger charge is -2.37.